The van der Waals surface area contributed by atoms with E-state index < -0.39 is 17.6 Å². The summed E-state index contributed by atoms with van der Waals surface area (Å²) in [6.45, 7) is 14.0. The number of likely N-dealkylation sites (N-methyl/N-ethyl adjacent to an activating group) is 1. The topological polar surface area (TPSA) is 44.3 Å². The maximum absolute atomic E-state index is 13.7. The highest BCUT2D eigenvalue weighted by Crippen LogP contribution is 2.34. The average Bonchev–Trinajstić information content (AvgIpc) is 3.19. The van der Waals surface area contributed by atoms with Crippen LogP contribution >= 0.6 is 0 Å². The van der Waals surface area contributed by atoms with Crippen LogP contribution in [0.2, 0.25) is 0 Å². The number of alkyl halides is 3. The van der Waals surface area contributed by atoms with Crippen LogP contribution in [0.3, 0.4) is 0 Å². The molecule has 0 bridgehead atoms. The molecule has 2 aromatic rings. The Kier molecular flexibility index (Phi) is 6.97. The number of hydrogen-bond donors (Lipinski definition) is 1. The van der Waals surface area contributed by atoms with Gasteiger partial charge in [0.2, 0.25) is 5.95 Å². The minimum absolute atomic E-state index is 0.0816. The summed E-state index contributed by atoms with van der Waals surface area (Å²) in [5.41, 5.74) is -0.754. The Bertz CT molecular complexity index is 935. The first kappa shape index (κ1) is 24.2. The lowest BCUT2D eigenvalue weighted by Gasteiger charge is -2.27. The molecule has 1 aliphatic rings. The first-order valence-corrected chi connectivity index (χ1v) is 10.9. The molecule has 176 valence electrons. The third kappa shape index (κ3) is 5.49. The quantitative estimate of drug-likeness (QED) is 0.577. The molecule has 1 aliphatic heterocycles. The van der Waals surface area contributed by atoms with Crippen molar-refractivity contribution < 1.29 is 17.6 Å². The monoisotopic (exact) mass is 453 g/mol. The van der Waals surface area contributed by atoms with Crippen LogP contribution in [0.1, 0.15) is 52.3 Å². The number of nitrogens with one attached hydrogen (secondary N) is 1. The summed E-state index contributed by atoms with van der Waals surface area (Å²) in [6.07, 6.45) is -3.76. The number of nitrogens with zero attached hydrogens (tertiary/aromatic N) is 4. The highest BCUT2D eigenvalue weighted by atomic mass is 19.4. The number of aromatic nitrogens is 2. The van der Waals surface area contributed by atoms with E-state index in [1.807, 2.05) is 26.8 Å². The van der Waals surface area contributed by atoms with E-state index in [4.69, 9.17) is 0 Å². The molecule has 1 aromatic carbocycles. The van der Waals surface area contributed by atoms with Crippen LogP contribution in [0.5, 0.6) is 0 Å². The van der Waals surface area contributed by atoms with Crippen LogP contribution in [0, 0.1) is 5.82 Å². The van der Waals surface area contributed by atoms with Crippen LogP contribution in [0.25, 0.3) is 0 Å². The van der Waals surface area contributed by atoms with E-state index in [0.717, 1.165) is 56.2 Å². The van der Waals surface area contributed by atoms with Crippen molar-refractivity contribution in [3.63, 3.8) is 0 Å². The lowest BCUT2D eigenvalue weighted by molar-refractivity contribution is -0.139. The Morgan fingerprint density at radius 3 is 2.38 bits per heavy atom. The van der Waals surface area contributed by atoms with Gasteiger partial charge in [-0.2, -0.15) is 18.2 Å². The van der Waals surface area contributed by atoms with Crippen LogP contribution in [-0.2, 0) is 11.6 Å². The van der Waals surface area contributed by atoms with Gasteiger partial charge in [-0.3, -0.25) is 4.90 Å². The van der Waals surface area contributed by atoms with Gasteiger partial charge in [-0.1, -0.05) is 34.6 Å². The predicted molar refractivity (Wildman–Crippen MR) is 119 cm³/mol. The van der Waals surface area contributed by atoms with Crippen LogP contribution in [-0.4, -0.2) is 47.1 Å². The van der Waals surface area contributed by atoms with Crippen molar-refractivity contribution in [3.05, 3.63) is 41.3 Å². The van der Waals surface area contributed by atoms with Gasteiger partial charge in [0.1, 0.15) is 11.6 Å². The van der Waals surface area contributed by atoms with Crippen molar-refractivity contribution in [2.45, 2.75) is 58.7 Å². The van der Waals surface area contributed by atoms with Gasteiger partial charge in [0, 0.05) is 36.3 Å². The van der Waals surface area contributed by atoms with Gasteiger partial charge in [-0.25, -0.2) is 9.37 Å². The third-order valence-electron chi connectivity index (χ3n) is 5.83. The van der Waals surface area contributed by atoms with Gasteiger partial charge < -0.3 is 10.2 Å². The average molecular weight is 454 g/mol. The largest absolute Gasteiger partial charge is 0.419 e. The van der Waals surface area contributed by atoms with Crippen LogP contribution < -0.4 is 10.2 Å². The normalized spacial score (nSPS) is 17.3. The molecule has 5 nitrogen and oxygen atoms in total. The summed E-state index contributed by atoms with van der Waals surface area (Å²) in [7, 11) is 0. The predicted octanol–water partition coefficient (Wildman–Crippen LogP) is 5.60. The maximum atomic E-state index is 13.7. The Morgan fingerprint density at radius 1 is 1.09 bits per heavy atom. The molecule has 0 aliphatic carbocycles. The molecule has 1 N–H and O–H groups in total. The number of hydrogen-bond acceptors (Lipinski definition) is 5. The van der Waals surface area contributed by atoms with E-state index in [9.17, 15) is 17.6 Å². The molecule has 3 rings (SSSR count). The molecule has 1 atom stereocenters. The summed E-state index contributed by atoms with van der Waals surface area (Å²) >= 11 is 0. The summed E-state index contributed by atoms with van der Waals surface area (Å²) in [6, 6.07) is 5.18. The lowest BCUT2D eigenvalue weighted by atomic mass is 9.92. The van der Waals surface area contributed by atoms with Crippen molar-refractivity contribution in [1.29, 1.82) is 0 Å². The van der Waals surface area contributed by atoms with Crippen molar-refractivity contribution in [2.75, 3.05) is 36.4 Å². The van der Waals surface area contributed by atoms with E-state index in [1.54, 1.807) is 0 Å². The lowest BCUT2D eigenvalue weighted by Crippen LogP contribution is -2.37. The zero-order valence-electron chi connectivity index (χ0n) is 19.2. The zero-order chi connectivity index (χ0) is 23.7. The summed E-state index contributed by atoms with van der Waals surface area (Å²) in [5.74, 6) is -0.383. The summed E-state index contributed by atoms with van der Waals surface area (Å²) in [5, 5.41) is 2.85. The van der Waals surface area contributed by atoms with Crippen LogP contribution in [0.15, 0.2) is 24.3 Å². The molecule has 1 fully saturated rings. The second kappa shape index (κ2) is 9.21. The van der Waals surface area contributed by atoms with Gasteiger partial charge in [0.25, 0.3) is 0 Å². The standard InChI is InChI=1S/C23H31F4N5/c1-6-31(7-2)16-10-11-32(14-16)20-13-19(22(3,4)5)29-21(30-20)28-15-8-9-18(24)17(12-15)23(25,26)27/h8-9,12-13,16H,6-7,10-11,14H2,1-5H3,(H,28,29,30)/t16-/m0/s1. The molecular weight excluding hydrogens is 422 g/mol. The van der Waals surface area contributed by atoms with E-state index in [2.05, 4.69) is 38.9 Å². The van der Waals surface area contributed by atoms with Crippen molar-refractivity contribution >= 4 is 17.5 Å². The Hall–Kier alpha value is -2.42. The Morgan fingerprint density at radius 2 is 1.78 bits per heavy atom. The Balaban J connectivity index is 1.93. The van der Waals surface area contributed by atoms with Crippen molar-refractivity contribution in [3.8, 4) is 0 Å². The van der Waals surface area contributed by atoms with Gasteiger partial charge in [0.05, 0.1) is 11.3 Å². The van der Waals surface area contributed by atoms with E-state index >= 15 is 0 Å². The minimum Gasteiger partial charge on any atom is -0.355 e. The molecule has 0 spiro atoms. The smallest absolute Gasteiger partial charge is 0.355 e. The van der Waals surface area contributed by atoms with Gasteiger partial charge >= 0.3 is 6.18 Å². The molecule has 0 saturated carbocycles. The second-order valence-electron chi connectivity index (χ2n) is 9.11. The summed E-state index contributed by atoms with van der Waals surface area (Å²) < 4.78 is 53.0. The van der Waals surface area contributed by atoms with E-state index in [0.29, 0.717) is 6.04 Å². The van der Waals surface area contributed by atoms with Crippen LogP contribution in [0.4, 0.5) is 35.0 Å². The molecular formula is C23H31F4N5. The molecule has 1 saturated heterocycles. The molecule has 9 heteroatoms. The maximum Gasteiger partial charge on any atom is 0.419 e. The molecule has 0 amide bonds. The zero-order valence-corrected chi connectivity index (χ0v) is 19.2. The summed E-state index contributed by atoms with van der Waals surface area (Å²) in [4.78, 5) is 13.7. The second-order valence-corrected chi connectivity index (χ2v) is 9.11. The highest BCUT2D eigenvalue weighted by molar-refractivity contribution is 5.58. The molecule has 0 unspecified atom stereocenters. The molecule has 2 heterocycles. The van der Waals surface area contributed by atoms with E-state index in [-0.39, 0.29) is 17.1 Å². The molecule has 1 aromatic heterocycles. The van der Waals surface area contributed by atoms with Gasteiger partial charge in [-0.05, 0) is 37.7 Å². The van der Waals surface area contributed by atoms with Gasteiger partial charge in [0.15, 0.2) is 0 Å². The molecule has 32 heavy (non-hydrogen) atoms. The first-order valence-electron chi connectivity index (χ1n) is 10.9. The number of rotatable bonds is 6. The highest BCUT2D eigenvalue weighted by Gasteiger charge is 2.34. The van der Waals surface area contributed by atoms with E-state index in [1.165, 1.54) is 6.07 Å². The van der Waals surface area contributed by atoms with Crippen molar-refractivity contribution in [2.24, 2.45) is 0 Å². The fraction of sp³-hybridized carbons (Fsp3) is 0.565. The number of benzene rings is 1. The number of halogens is 4. The minimum atomic E-state index is -4.78. The third-order valence-corrected chi connectivity index (χ3v) is 5.83. The fourth-order valence-corrected chi connectivity index (χ4v) is 3.97. The molecule has 0 radical (unpaired) electrons. The fourth-order valence-electron chi connectivity index (χ4n) is 3.97. The SMILES string of the molecule is CCN(CC)[C@H]1CCN(c2cc(C(C)(C)C)nc(Nc3ccc(F)c(C(F)(F)F)c3)n2)C1. The first-order chi connectivity index (χ1) is 14.9. The Labute approximate surface area is 186 Å². The van der Waals surface area contributed by atoms with Gasteiger partial charge in [-0.15, -0.1) is 0 Å². The number of anilines is 3. The van der Waals surface area contributed by atoms with Crippen molar-refractivity contribution in [1.82, 2.24) is 14.9 Å².